The Kier molecular flexibility index (Phi) is 3.67. The number of aromatic nitrogens is 1. The van der Waals surface area contributed by atoms with Crippen LogP contribution in [-0.2, 0) is 7.05 Å². The molecule has 2 aromatic rings. The van der Waals surface area contributed by atoms with Gasteiger partial charge in [0.15, 0.2) is 12.4 Å². The van der Waals surface area contributed by atoms with Gasteiger partial charge in [-0.3, -0.25) is 5.01 Å². The first-order valence-electron chi connectivity index (χ1n) is 5.64. The molecule has 0 spiro atoms. The van der Waals surface area contributed by atoms with Gasteiger partial charge in [-0.2, -0.15) is 5.10 Å². The van der Waals surface area contributed by atoms with Gasteiger partial charge in [0.1, 0.15) is 12.9 Å². The lowest BCUT2D eigenvalue weighted by atomic mass is 10.3. The van der Waals surface area contributed by atoms with Crippen LogP contribution in [-0.4, -0.2) is 13.3 Å². The number of hydrogen-bond acceptors (Lipinski definition) is 2. The van der Waals surface area contributed by atoms with E-state index in [0.717, 1.165) is 5.56 Å². The number of para-hydroxylation sites is 1. The largest absolute Gasteiger partial charge is 0.266 e. The summed E-state index contributed by atoms with van der Waals surface area (Å²) in [6, 6.07) is 10.4. The summed E-state index contributed by atoms with van der Waals surface area (Å²) in [6.45, 7) is 0. The van der Waals surface area contributed by atoms with Gasteiger partial charge < -0.3 is 0 Å². The maximum absolute atomic E-state index is 13.5. The fourth-order valence-corrected chi connectivity index (χ4v) is 1.53. The number of hydrogen-bond donors (Lipinski definition) is 0. The topological polar surface area (TPSA) is 19.5 Å². The molecular formula is C14H15FN3+. The van der Waals surface area contributed by atoms with Crippen LogP contribution in [0.2, 0.25) is 0 Å². The zero-order valence-electron chi connectivity index (χ0n) is 10.4. The fraction of sp³-hybridized carbons (Fsp3) is 0.143. The van der Waals surface area contributed by atoms with Crippen LogP contribution in [0.25, 0.3) is 0 Å². The molecule has 0 radical (unpaired) electrons. The number of pyridine rings is 1. The standard InChI is InChI=1S/C14H15FN3/c1-17-9-7-12(8-10-17)11-16-18(2)14-6-4-3-5-13(14)15/h3-11H,1-2H3/q+1. The van der Waals surface area contributed by atoms with Crippen LogP contribution >= 0.6 is 0 Å². The zero-order chi connectivity index (χ0) is 13.0. The van der Waals surface area contributed by atoms with Gasteiger partial charge in [-0.1, -0.05) is 12.1 Å². The molecule has 0 bridgehead atoms. The van der Waals surface area contributed by atoms with E-state index in [1.165, 1.54) is 11.1 Å². The quantitative estimate of drug-likeness (QED) is 0.460. The van der Waals surface area contributed by atoms with Crippen LogP contribution in [0, 0.1) is 5.82 Å². The molecule has 0 fully saturated rings. The Labute approximate surface area is 106 Å². The van der Waals surface area contributed by atoms with E-state index in [1.54, 1.807) is 31.5 Å². The van der Waals surface area contributed by atoms with E-state index in [2.05, 4.69) is 5.10 Å². The molecule has 0 N–H and O–H groups in total. The molecule has 0 aliphatic rings. The van der Waals surface area contributed by atoms with Gasteiger partial charge in [0, 0.05) is 24.7 Å². The maximum Gasteiger partial charge on any atom is 0.169 e. The molecule has 0 amide bonds. The molecule has 18 heavy (non-hydrogen) atoms. The van der Waals surface area contributed by atoms with Crippen LogP contribution in [0.5, 0.6) is 0 Å². The van der Waals surface area contributed by atoms with Gasteiger partial charge in [-0.25, -0.2) is 8.96 Å². The number of nitrogens with zero attached hydrogens (tertiary/aromatic N) is 3. The number of aryl methyl sites for hydroxylation is 1. The second-order valence-corrected chi connectivity index (χ2v) is 4.02. The predicted octanol–water partition coefficient (Wildman–Crippen LogP) is 2.12. The highest BCUT2D eigenvalue weighted by Gasteiger charge is 2.04. The molecule has 0 aliphatic heterocycles. The molecule has 1 aromatic carbocycles. The summed E-state index contributed by atoms with van der Waals surface area (Å²) in [6.07, 6.45) is 5.57. The highest BCUT2D eigenvalue weighted by Crippen LogP contribution is 2.16. The first kappa shape index (κ1) is 12.2. The molecular weight excluding hydrogens is 229 g/mol. The summed E-state index contributed by atoms with van der Waals surface area (Å²) in [5, 5.41) is 5.73. The third kappa shape index (κ3) is 2.91. The number of halogens is 1. The smallest absolute Gasteiger partial charge is 0.169 e. The Hall–Kier alpha value is -2.23. The summed E-state index contributed by atoms with van der Waals surface area (Å²) < 4.78 is 15.4. The van der Waals surface area contributed by atoms with Crippen molar-refractivity contribution >= 4 is 11.9 Å². The van der Waals surface area contributed by atoms with Gasteiger partial charge in [-0.15, -0.1) is 0 Å². The summed E-state index contributed by atoms with van der Waals surface area (Å²) >= 11 is 0. The molecule has 4 heteroatoms. The van der Waals surface area contributed by atoms with Crippen LogP contribution in [0.3, 0.4) is 0 Å². The van der Waals surface area contributed by atoms with Crippen molar-refractivity contribution in [2.45, 2.75) is 0 Å². The Morgan fingerprint density at radius 2 is 1.83 bits per heavy atom. The summed E-state index contributed by atoms with van der Waals surface area (Å²) in [4.78, 5) is 0. The molecule has 3 nitrogen and oxygen atoms in total. The molecule has 0 saturated carbocycles. The number of benzene rings is 1. The SMILES string of the molecule is CN(N=Cc1cc[n+](C)cc1)c1ccccc1F. The van der Waals surface area contributed by atoms with E-state index in [9.17, 15) is 4.39 Å². The molecule has 0 unspecified atom stereocenters. The zero-order valence-corrected chi connectivity index (χ0v) is 10.4. The first-order valence-corrected chi connectivity index (χ1v) is 5.64. The number of rotatable bonds is 3. The lowest BCUT2D eigenvalue weighted by molar-refractivity contribution is -0.671. The van der Waals surface area contributed by atoms with Crippen LogP contribution < -0.4 is 9.58 Å². The Balaban J connectivity index is 2.14. The van der Waals surface area contributed by atoms with Gasteiger partial charge in [0.2, 0.25) is 0 Å². The maximum atomic E-state index is 13.5. The Morgan fingerprint density at radius 1 is 1.17 bits per heavy atom. The molecule has 0 atom stereocenters. The third-order valence-corrected chi connectivity index (χ3v) is 2.59. The van der Waals surface area contributed by atoms with Crippen LogP contribution in [0.15, 0.2) is 53.9 Å². The average Bonchev–Trinajstić information content (AvgIpc) is 2.38. The van der Waals surface area contributed by atoms with Crippen LogP contribution in [0.4, 0.5) is 10.1 Å². The van der Waals surface area contributed by atoms with E-state index in [-0.39, 0.29) is 5.82 Å². The summed E-state index contributed by atoms with van der Waals surface area (Å²) in [5.74, 6) is -0.281. The van der Waals surface area contributed by atoms with Crippen molar-refractivity contribution in [1.29, 1.82) is 0 Å². The highest BCUT2D eigenvalue weighted by molar-refractivity contribution is 5.79. The lowest BCUT2D eigenvalue weighted by Crippen LogP contribution is -2.25. The molecule has 1 aromatic heterocycles. The van der Waals surface area contributed by atoms with Crippen molar-refractivity contribution < 1.29 is 8.96 Å². The van der Waals surface area contributed by atoms with Crippen molar-refractivity contribution in [2.24, 2.45) is 12.1 Å². The van der Waals surface area contributed by atoms with Crippen molar-refractivity contribution in [3.63, 3.8) is 0 Å². The van der Waals surface area contributed by atoms with Gasteiger partial charge in [0.25, 0.3) is 0 Å². The summed E-state index contributed by atoms with van der Waals surface area (Å²) in [7, 11) is 3.67. The van der Waals surface area contributed by atoms with Crippen LogP contribution in [0.1, 0.15) is 5.56 Å². The second-order valence-electron chi connectivity index (χ2n) is 4.02. The number of hydrazone groups is 1. The molecule has 2 rings (SSSR count). The van der Waals surface area contributed by atoms with E-state index < -0.39 is 0 Å². The molecule has 0 saturated heterocycles. The highest BCUT2D eigenvalue weighted by atomic mass is 19.1. The number of anilines is 1. The van der Waals surface area contributed by atoms with Crippen molar-refractivity contribution in [2.75, 3.05) is 12.1 Å². The van der Waals surface area contributed by atoms with E-state index in [1.807, 2.05) is 36.1 Å². The van der Waals surface area contributed by atoms with Gasteiger partial charge >= 0.3 is 0 Å². The van der Waals surface area contributed by atoms with Gasteiger partial charge in [0.05, 0.1) is 11.9 Å². The minimum atomic E-state index is -0.281. The minimum Gasteiger partial charge on any atom is -0.266 e. The van der Waals surface area contributed by atoms with Crippen molar-refractivity contribution in [1.82, 2.24) is 0 Å². The summed E-state index contributed by atoms with van der Waals surface area (Å²) in [5.41, 5.74) is 1.42. The van der Waals surface area contributed by atoms with Crippen molar-refractivity contribution in [3.05, 3.63) is 60.2 Å². The first-order chi connectivity index (χ1) is 8.66. The molecule has 0 aliphatic carbocycles. The van der Waals surface area contributed by atoms with E-state index in [0.29, 0.717) is 5.69 Å². The fourth-order valence-electron chi connectivity index (χ4n) is 1.53. The monoisotopic (exact) mass is 244 g/mol. The third-order valence-electron chi connectivity index (χ3n) is 2.59. The minimum absolute atomic E-state index is 0.281. The van der Waals surface area contributed by atoms with Crippen molar-refractivity contribution in [3.8, 4) is 0 Å². The Morgan fingerprint density at radius 3 is 2.50 bits per heavy atom. The average molecular weight is 244 g/mol. The molecule has 92 valence electrons. The van der Waals surface area contributed by atoms with Gasteiger partial charge in [-0.05, 0) is 12.1 Å². The van der Waals surface area contributed by atoms with E-state index in [4.69, 9.17) is 0 Å². The second kappa shape index (κ2) is 5.40. The normalized spacial score (nSPS) is 10.8. The van der Waals surface area contributed by atoms with E-state index >= 15 is 0 Å². The Bertz CT molecular complexity index is 549. The predicted molar refractivity (Wildman–Crippen MR) is 70.0 cm³/mol. The molecule has 1 heterocycles. The lowest BCUT2D eigenvalue weighted by Gasteiger charge is -2.13.